The van der Waals surface area contributed by atoms with Gasteiger partial charge in [0.05, 0.1) is 0 Å². The van der Waals surface area contributed by atoms with Crippen LogP contribution in [0.2, 0.25) is 0 Å². The van der Waals surface area contributed by atoms with Crippen LogP contribution in [-0.4, -0.2) is 6.04 Å². The predicted octanol–water partition coefficient (Wildman–Crippen LogP) is 4.40. The molecule has 18 heavy (non-hydrogen) atoms. The van der Waals surface area contributed by atoms with Gasteiger partial charge in [0.1, 0.15) is 0 Å². The third-order valence-electron chi connectivity index (χ3n) is 4.34. The van der Waals surface area contributed by atoms with E-state index in [4.69, 9.17) is 5.73 Å². The van der Waals surface area contributed by atoms with Crippen molar-refractivity contribution in [3.63, 3.8) is 0 Å². The monoisotopic (exact) mass is 245 g/mol. The molecule has 1 aromatic rings. The summed E-state index contributed by atoms with van der Waals surface area (Å²) < 4.78 is 0. The Labute approximate surface area is 112 Å². The fourth-order valence-electron chi connectivity index (χ4n) is 3.22. The zero-order valence-corrected chi connectivity index (χ0v) is 11.7. The number of hydrogen-bond donors (Lipinski definition) is 1. The molecule has 2 atom stereocenters. The van der Waals surface area contributed by atoms with Crippen LogP contribution in [0.4, 0.5) is 0 Å². The Morgan fingerprint density at radius 3 is 2.78 bits per heavy atom. The zero-order valence-electron chi connectivity index (χ0n) is 11.7. The molecular formula is C17H27N. The minimum absolute atomic E-state index is 0.371. The van der Waals surface area contributed by atoms with E-state index < -0.39 is 0 Å². The third kappa shape index (κ3) is 3.35. The molecule has 2 rings (SSSR count). The van der Waals surface area contributed by atoms with E-state index in [1.807, 2.05) is 0 Å². The van der Waals surface area contributed by atoms with Crippen molar-refractivity contribution in [3.05, 3.63) is 35.4 Å². The summed E-state index contributed by atoms with van der Waals surface area (Å²) in [6, 6.07) is 9.23. The highest BCUT2D eigenvalue weighted by Crippen LogP contribution is 2.35. The van der Waals surface area contributed by atoms with E-state index in [2.05, 4.69) is 31.2 Å². The molecule has 0 spiro atoms. The van der Waals surface area contributed by atoms with Crippen molar-refractivity contribution in [2.24, 2.45) is 5.73 Å². The molecular weight excluding hydrogens is 218 g/mol. The Balaban J connectivity index is 1.78. The quantitative estimate of drug-likeness (QED) is 0.708. The maximum absolute atomic E-state index is 6.41. The van der Waals surface area contributed by atoms with Crippen molar-refractivity contribution in [3.8, 4) is 0 Å². The van der Waals surface area contributed by atoms with E-state index >= 15 is 0 Å². The van der Waals surface area contributed by atoms with Crippen LogP contribution in [0.3, 0.4) is 0 Å². The second-order valence-electron chi connectivity index (χ2n) is 5.71. The average Bonchev–Trinajstić information content (AvgIpc) is 2.82. The molecule has 1 nitrogen and oxygen atoms in total. The Morgan fingerprint density at radius 2 is 1.94 bits per heavy atom. The summed E-state index contributed by atoms with van der Waals surface area (Å²) in [5.74, 6) is 0.618. The first-order valence-electron chi connectivity index (χ1n) is 7.66. The Hall–Kier alpha value is -0.820. The zero-order chi connectivity index (χ0) is 12.8. The van der Waals surface area contributed by atoms with Crippen LogP contribution >= 0.6 is 0 Å². The molecule has 0 heterocycles. The SMILES string of the molecule is CCCCCCCC(N)C1CCc2ccccc21. The predicted molar refractivity (Wildman–Crippen MR) is 78.9 cm³/mol. The molecule has 2 unspecified atom stereocenters. The van der Waals surface area contributed by atoms with Crippen LogP contribution in [-0.2, 0) is 6.42 Å². The fourth-order valence-corrected chi connectivity index (χ4v) is 3.22. The number of fused-ring (bicyclic) bond motifs is 1. The van der Waals surface area contributed by atoms with E-state index in [0.29, 0.717) is 12.0 Å². The summed E-state index contributed by atoms with van der Waals surface area (Å²) in [6.45, 7) is 2.27. The second kappa shape index (κ2) is 6.94. The van der Waals surface area contributed by atoms with Gasteiger partial charge in [-0.15, -0.1) is 0 Å². The Morgan fingerprint density at radius 1 is 1.17 bits per heavy atom. The highest BCUT2D eigenvalue weighted by molar-refractivity contribution is 5.35. The lowest BCUT2D eigenvalue weighted by molar-refractivity contribution is 0.467. The fraction of sp³-hybridized carbons (Fsp3) is 0.647. The normalized spacial score (nSPS) is 19.8. The number of rotatable bonds is 7. The van der Waals surface area contributed by atoms with Gasteiger partial charge in [-0.3, -0.25) is 0 Å². The standard InChI is InChI=1S/C17H27N/c1-2-3-4-5-6-11-17(18)16-13-12-14-9-7-8-10-15(14)16/h7-10,16-17H,2-6,11-13,18H2,1H3. The lowest BCUT2D eigenvalue weighted by atomic mass is 9.90. The van der Waals surface area contributed by atoms with Crippen LogP contribution < -0.4 is 5.73 Å². The van der Waals surface area contributed by atoms with Crippen molar-refractivity contribution >= 4 is 0 Å². The van der Waals surface area contributed by atoms with E-state index in [0.717, 1.165) is 0 Å². The third-order valence-corrected chi connectivity index (χ3v) is 4.34. The lowest BCUT2D eigenvalue weighted by Crippen LogP contribution is -2.27. The molecule has 0 aliphatic heterocycles. The molecule has 0 bridgehead atoms. The second-order valence-corrected chi connectivity index (χ2v) is 5.71. The first kappa shape index (κ1) is 13.6. The summed E-state index contributed by atoms with van der Waals surface area (Å²) >= 11 is 0. The van der Waals surface area contributed by atoms with E-state index in [1.54, 1.807) is 0 Å². The first-order valence-corrected chi connectivity index (χ1v) is 7.66. The van der Waals surface area contributed by atoms with Gasteiger partial charge in [-0.2, -0.15) is 0 Å². The summed E-state index contributed by atoms with van der Waals surface area (Å²) in [4.78, 5) is 0. The Bertz CT molecular complexity index is 358. The topological polar surface area (TPSA) is 26.0 Å². The van der Waals surface area contributed by atoms with Gasteiger partial charge in [-0.05, 0) is 36.3 Å². The van der Waals surface area contributed by atoms with Crippen LogP contribution in [0, 0.1) is 0 Å². The molecule has 0 amide bonds. The molecule has 0 aromatic heterocycles. The minimum Gasteiger partial charge on any atom is -0.327 e. The van der Waals surface area contributed by atoms with Crippen molar-refractivity contribution in [2.75, 3.05) is 0 Å². The summed E-state index contributed by atoms with van der Waals surface area (Å²) in [5.41, 5.74) is 9.47. The highest BCUT2D eigenvalue weighted by Gasteiger charge is 2.26. The maximum Gasteiger partial charge on any atom is 0.0108 e. The molecule has 0 saturated carbocycles. The molecule has 1 aliphatic rings. The number of hydrogen-bond acceptors (Lipinski definition) is 1. The average molecular weight is 245 g/mol. The summed E-state index contributed by atoms with van der Waals surface area (Å²) in [7, 11) is 0. The molecule has 0 fully saturated rings. The van der Waals surface area contributed by atoms with E-state index in [-0.39, 0.29) is 0 Å². The van der Waals surface area contributed by atoms with Crippen LogP contribution in [0.15, 0.2) is 24.3 Å². The van der Waals surface area contributed by atoms with Crippen molar-refractivity contribution in [1.29, 1.82) is 0 Å². The smallest absolute Gasteiger partial charge is 0.0108 e. The minimum atomic E-state index is 0.371. The first-order chi connectivity index (χ1) is 8.83. The maximum atomic E-state index is 6.41. The van der Waals surface area contributed by atoms with Crippen LogP contribution in [0.1, 0.15) is 68.9 Å². The highest BCUT2D eigenvalue weighted by atomic mass is 14.7. The van der Waals surface area contributed by atoms with Crippen molar-refractivity contribution in [2.45, 2.75) is 70.3 Å². The molecule has 100 valence electrons. The van der Waals surface area contributed by atoms with Crippen LogP contribution in [0.25, 0.3) is 0 Å². The molecule has 1 heteroatoms. The van der Waals surface area contributed by atoms with Gasteiger partial charge in [0.15, 0.2) is 0 Å². The van der Waals surface area contributed by atoms with E-state index in [1.165, 1.54) is 62.5 Å². The van der Waals surface area contributed by atoms with Crippen molar-refractivity contribution < 1.29 is 0 Å². The van der Waals surface area contributed by atoms with Crippen molar-refractivity contribution in [1.82, 2.24) is 0 Å². The van der Waals surface area contributed by atoms with Gasteiger partial charge in [-0.1, -0.05) is 63.3 Å². The number of unbranched alkanes of at least 4 members (excludes halogenated alkanes) is 4. The van der Waals surface area contributed by atoms with E-state index in [9.17, 15) is 0 Å². The number of benzene rings is 1. The molecule has 1 aromatic carbocycles. The summed E-state index contributed by atoms with van der Waals surface area (Å²) in [5, 5.41) is 0. The van der Waals surface area contributed by atoms with Gasteiger partial charge in [0, 0.05) is 6.04 Å². The molecule has 0 radical (unpaired) electrons. The molecule has 1 aliphatic carbocycles. The number of aryl methyl sites for hydroxylation is 1. The van der Waals surface area contributed by atoms with Gasteiger partial charge >= 0.3 is 0 Å². The van der Waals surface area contributed by atoms with Gasteiger partial charge in [0.2, 0.25) is 0 Å². The lowest BCUT2D eigenvalue weighted by Gasteiger charge is -2.20. The van der Waals surface area contributed by atoms with Gasteiger partial charge in [0.25, 0.3) is 0 Å². The number of nitrogens with two attached hydrogens (primary N) is 1. The van der Waals surface area contributed by atoms with Gasteiger partial charge in [-0.25, -0.2) is 0 Å². The molecule has 2 N–H and O–H groups in total. The molecule has 0 saturated heterocycles. The Kier molecular flexibility index (Phi) is 5.25. The van der Waals surface area contributed by atoms with Gasteiger partial charge < -0.3 is 5.73 Å². The largest absolute Gasteiger partial charge is 0.327 e. The summed E-state index contributed by atoms with van der Waals surface area (Å²) in [6.07, 6.45) is 10.4. The van der Waals surface area contributed by atoms with Crippen LogP contribution in [0.5, 0.6) is 0 Å².